The highest BCUT2D eigenvalue weighted by Gasteiger charge is 2.31. The van der Waals surface area contributed by atoms with E-state index in [0.717, 1.165) is 5.56 Å². The second kappa shape index (κ2) is 12.2. The summed E-state index contributed by atoms with van der Waals surface area (Å²) in [7, 11) is 0. The second-order valence-electron chi connectivity index (χ2n) is 9.41. The van der Waals surface area contributed by atoms with Crippen molar-refractivity contribution in [2.24, 2.45) is 0 Å². The number of carbonyl (C=O) groups excluding carboxylic acids is 2. The molecule has 0 aliphatic rings. The van der Waals surface area contributed by atoms with E-state index < -0.39 is 23.4 Å². The normalized spacial score (nSPS) is 10.7. The largest absolute Gasteiger partial charge is 0.508 e. The summed E-state index contributed by atoms with van der Waals surface area (Å²) in [6.07, 6.45) is 0.344. The van der Waals surface area contributed by atoms with E-state index in [1.54, 1.807) is 18.2 Å². The van der Waals surface area contributed by atoms with Crippen LogP contribution in [-0.4, -0.2) is 32.4 Å². The molecule has 8 nitrogen and oxygen atoms in total. The van der Waals surface area contributed by atoms with Crippen molar-refractivity contribution >= 4 is 11.9 Å². The summed E-state index contributed by atoms with van der Waals surface area (Å²) >= 11 is 0. The third kappa shape index (κ3) is 6.03. The Bertz CT molecular complexity index is 1710. The summed E-state index contributed by atoms with van der Waals surface area (Å²) in [4.78, 5) is 26.2. The summed E-state index contributed by atoms with van der Waals surface area (Å²) < 4.78 is 11.4. The monoisotopic (exact) mass is 562 g/mol. The summed E-state index contributed by atoms with van der Waals surface area (Å²) in [6.45, 7) is 0. The van der Waals surface area contributed by atoms with Gasteiger partial charge in [0.25, 0.3) is 0 Å². The molecule has 0 fully saturated rings. The van der Waals surface area contributed by atoms with Crippen LogP contribution in [0.25, 0.3) is 22.3 Å². The number of aromatic hydroxyl groups is 4. The lowest BCUT2D eigenvalue weighted by Gasteiger charge is -2.21. The van der Waals surface area contributed by atoms with Crippen molar-refractivity contribution in [3.63, 3.8) is 0 Å². The lowest BCUT2D eigenvalue weighted by molar-refractivity contribution is -0.134. The van der Waals surface area contributed by atoms with E-state index in [1.165, 1.54) is 60.7 Å². The van der Waals surface area contributed by atoms with Crippen LogP contribution in [0.1, 0.15) is 22.3 Å². The predicted octanol–water partition coefficient (Wildman–Crippen LogP) is 6.60. The highest BCUT2D eigenvalue weighted by Crippen LogP contribution is 2.56. The van der Waals surface area contributed by atoms with Crippen molar-refractivity contribution in [1.29, 1.82) is 0 Å². The van der Waals surface area contributed by atoms with Crippen LogP contribution in [-0.2, 0) is 11.2 Å². The van der Waals surface area contributed by atoms with Gasteiger partial charge in [0.1, 0.15) is 11.5 Å². The molecule has 0 atom stereocenters. The number of ether oxygens (including phenoxy) is 2. The summed E-state index contributed by atoms with van der Waals surface area (Å²) in [5.74, 6) is -3.52. The second-order valence-corrected chi connectivity index (χ2v) is 9.41. The number of rotatable bonds is 8. The van der Waals surface area contributed by atoms with Gasteiger partial charge >= 0.3 is 11.9 Å². The first-order chi connectivity index (χ1) is 20.3. The number of esters is 2. The molecule has 5 aromatic carbocycles. The summed E-state index contributed by atoms with van der Waals surface area (Å²) in [5.41, 5.74) is 1.36. The molecule has 0 saturated carbocycles. The number of benzene rings is 5. The number of hydrogen-bond donors (Lipinski definition) is 4. The lowest BCUT2D eigenvalue weighted by Crippen LogP contribution is -2.12. The van der Waals surface area contributed by atoms with Crippen LogP contribution < -0.4 is 9.47 Å². The molecule has 0 radical (unpaired) electrons. The van der Waals surface area contributed by atoms with Crippen molar-refractivity contribution in [3.8, 4) is 56.8 Å². The minimum absolute atomic E-state index is 0.0292. The molecule has 8 heteroatoms. The van der Waals surface area contributed by atoms with E-state index in [-0.39, 0.29) is 57.2 Å². The molecule has 0 spiro atoms. The van der Waals surface area contributed by atoms with Crippen LogP contribution in [0, 0.1) is 0 Å². The first-order valence-corrected chi connectivity index (χ1v) is 13.0. The van der Waals surface area contributed by atoms with Gasteiger partial charge in [-0.1, -0.05) is 72.8 Å². The average Bonchev–Trinajstić information content (AvgIpc) is 3.01. The van der Waals surface area contributed by atoms with Gasteiger partial charge in [0.05, 0.1) is 16.7 Å². The fourth-order valence-corrected chi connectivity index (χ4v) is 4.45. The Morgan fingerprint density at radius 3 is 1.50 bits per heavy atom. The van der Waals surface area contributed by atoms with E-state index in [1.807, 2.05) is 30.3 Å². The molecule has 0 amide bonds. The average molecular weight is 563 g/mol. The Labute approximate surface area is 241 Å². The Hall–Kier alpha value is -5.76. The first-order valence-electron chi connectivity index (χ1n) is 13.0. The minimum Gasteiger partial charge on any atom is -0.508 e. The van der Waals surface area contributed by atoms with Gasteiger partial charge in [-0.15, -0.1) is 0 Å². The van der Waals surface area contributed by atoms with Gasteiger partial charge in [0.15, 0.2) is 23.0 Å². The van der Waals surface area contributed by atoms with Gasteiger partial charge in [-0.3, -0.25) is 4.79 Å². The van der Waals surface area contributed by atoms with Gasteiger partial charge < -0.3 is 29.9 Å². The van der Waals surface area contributed by atoms with Crippen LogP contribution in [0.15, 0.2) is 109 Å². The molecule has 5 rings (SSSR count). The maximum absolute atomic E-state index is 13.1. The zero-order chi connectivity index (χ0) is 29.6. The molecular weight excluding hydrogens is 536 g/mol. The van der Waals surface area contributed by atoms with E-state index in [9.17, 15) is 30.0 Å². The number of phenols is 4. The van der Waals surface area contributed by atoms with Crippen LogP contribution in [0.3, 0.4) is 0 Å². The number of aryl methyl sites for hydroxylation is 1. The van der Waals surface area contributed by atoms with Crippen molar-refractivity contribution in [3.05, 3.63) is 120 Å². The topological polar surface area (TPSA) is 134 Å². The number of hydrogen-bond acceptors (Lipinski definition) is 8. The zero-order valence-corrected chi connectivity index (χ0v) is 22.2. The van der Waals surface area contributed by atoms with Gasteiger partial charge in [-0.2, -0.15) is 0 Å². The van der Waals surface area contributed by atoms with Gasteiger partial charge in [-0.05, 0) is 59.5 Å². The quantitative estimate of drug-likeness (QED) is 0.0944. The SMILES string of the molecule is O=C(CCc1ccccc1)Oc1c(O)c(-c2ccc(O)cc2)c(OC(=O)c2ccccc2)c(O)c1-c1ccc(O)cc1. The minimum atomic E-state index is -0.811. The highest BCUT2D eigenvalue weighted by molar-refractivity contribution is 5.98. The van der Waals surface area contributed by atoms with E-state index >= 15 is 0 Å². The van der Waals surface area contributed by atoms with E-state index in [4.69, 9.17) is 9.47 Å². The molecular formula is C34H26O8. The van der Waals surface area contributed by atoms with Gasteiger partial charge in [-0.25, -0.2) is 4.79 Å². The Morgan fingerprint density at radius 2 is 1.00 bits per heavy atom. The molecule has 0 bridgehead atoms. The molecule has 0 aliphatic carbocycles. The fourth-order valence-electron chi connectivity index (χ4n) is 4.45. The maximum atomic E-state index is 13.1. The van der Waals surface area contributed by atoms with Crippen molar-refractivity contribution in [2.75, 3.05) is 0 Å². The summed E-state index contributed by atoms with van der Waals surface area (Å²) in [5, 5.41) is 43.0. The molecule has 5 aromatic rings. The molecule has 210 valence electrons. The predicted molar refractivity (Wildman–Crippen MR) is 156 cm³/mol. The van der Waals surface area contributed by atoms with E-state index in [0.29, 0.717) is 6.42 Å². The van der Waals surface area contributed by atoms with Crippen molar-refractivity contribution in [1.82, 2.24) is 0 Å². The van der Waals surface area contributed by atoms with Crippen LogP contribution in [0.5, 0.6) is 34.5 Å². The molecule has 0 saturated heterocycles. The Balaban J connectivity index is 1.67. The standard InChI is InChI=1S/C34H26O8/c35-25-16-12-22(13-17-25)28-31(39)33(42-34(40)24-9-5-2-6-10-24)29(23-14-18-26(36)19-15-23)30(38)32(28)41-27(37)20-11-21-7-3-1-4-8-21/h1-10,12-19,35-36,38-39H,11,20H2. The molecule has 4 N–H and O–H groups in total. The van der Waals surface area contributed by atoms with Gasteiger partial charge in [0.2, 0.25) is 0 Å². The zero-order valence-electron chi connectivity index (χ0n) is 22.2. The van der Waals surface area contributed by atoms with Crippen LogP contribution >= 0.6 is 0 Å². The molecule has 0 unspecified atom stereocenters. The van der Waals surface area contributed by atoms with E-state index in [2.05, 4.69) is 0 Å². The smallest absolute Gasteiger partial charge is 0.343 e. The highest BCUT2D eigenvalue weighted by atomic mass is 16.6. The summed E-state index contributed by atoms with van der Waals surface area (Å²) in [6, 6.07) is 28.6. The van der Waals surface area contributed by atoms with Crippen molar-refractivity contribution in [2.45, 2.75) is 12.8 Å². The molecule has 0 aliphatic heterocycles. The van der Waals surface area contributed by atoms with Crippen LogP contribution in [0.2, 0.25) is 0 Å². The van der Waals surface area contributed by atoms with Crippen molar-refractivity contribution < 1.29 is 39.5 Å². The van der Waals surface area contributed by atoms with Crippen LogP contribution in [0.4, 0.5) is 0 Å². The Kier molecular flexibility index (Phi) is 8.06. The first kappa shape index (κ1) is 27.8. The molecule has 42 heavy (non-hydrogen) atoms. The fraction of sp³-hybridized carbons (Fsp3) is 0.0588. The van der Waals surface area contributed by atoms with Gasteiger partial charge in [0, 0.05) is 6.42 Å². The number of phenolic OH excluding ortho intramolecular Hbond substituents is 4. The number of carbonyl (C=O) groups is 2. The Morgan fingerprint density at radius 1 is 0.548 bits per heavy atom. The third-order valence-electron chi connectivity index (χ3n) is 6.55. The maximum Gasteiger partial charge on any atom is 0.343 e. The lowest BCUT2D eigenvalue weighted by atomic mass is 9.95. The molecule has 0 aromatic heterocycles. The molecule has 0 heterocycles. The third-order valence-corrected chi connectivity index (χ3v) is 6.55.